The van der Waals surface area contributed by atoms with Crippen LogP contribution in [0.3, 0.4) is 0 Å². The number of nitrogens with two attached hydrogens (primary N) is 1. The van der Waals surface area contributed by atoms with Crippen LogP contribution in [0.5, 0.6) is 11.5 Å². The molecule has 3 N–H and O–H groups in total. The van der Waals surface area contributed by atoms with E-state index in [2.05, 4.69) is 0 Å². The Morgan fingerprint density at radius 3 is 2.40 bits per heavy atom. The quantitative estimate of drug-likeness (QED) is 0.835. The lowest BCUT2D eigenvalue weighted by atomic mass is 10.0. The van der Waals surface area contributed by atoms with Gasteiger partial charge < -0.3 is 15.6 Å². The summed E-state index contributed by atoms with van der Waals surface area (Å²) in [6, 6.07) is 0. The fourth-order valence-electron chi connectivity index (χ4n) is 1.71. The number of halogens is 1. The van der Waals surface area contributed by atoms with Crippen LogP contribution in [0.1, 0.15) is 16.7 Å². The Hall–Kier alpha value is -0.930. The fraction of sp³-hybridized carbons (Fsp3) is 0.455. The molecule has 84 valence electrons. The summed E-state index contributed by atoms with van der Waals surface area (Å²) in [6.07, 6.45) is 0.591. The molecule has 3 nitrogen and oxygen atoms in total. The minimum absolute atomic E-state index is 0.155. The molecule has 0 heterocycles. The van der Waals surface area contributed by atoms with Crippen LogP contribution in [0.15, 0.2) is 0 Å². The zero-order valence-corrected chi connectivity index (χ0v) is 9.98. The smallest absolute Gasteiger partial charge is 0.165 e. The second kappa shape index (κ2) is 4.73. The maximum Gasteiger partial charge on any atom is 0.165 e. The molecule has 0 unspecified atom stereocenters. The Labute approximate surface area is 94.8 Å². The van der Waals surface area contributed by atoms with E-state index in [9.17, 15) is 5.11 Å². The molecule has 4 heteroatoms. The van der Waals surface area contributed by atoms with Gasteiger partial charge in [-0.15, -0.1) is 0 Å². The Morgan fingerprint density at radius 2 is 1.93 bits per heavy atom. The molecule has 0 saturated carbocycles. The molecule has 0 saturated heterocycles. The number of ether oxygens (including phenoxy) is 1. The van der Waals surface area contributed by atoms with Crippen molar-refractivity contribution in [3.05, 3.63) is 21.7 Å². The molecule has 0 aliphatic carbocycles. The zero-order chi connectivity index (χ0) is 11.6. The molecule has 15 heavy (non-hydrogen) atoms. The molecule has 0 amide bonds. The van der Waals surface area contributed by atoms with Gasteiger partial charge >= 0.3 is 0 Å². The monoisotopic (exact) mass is 229 g/mol. The molecule has 0 fully saturated rings. The maximum atomic E-state index is 9.97. The minimum atomic E-state index is 0.155. The van der Waals surface area contributed by atoms with Crippen LogP contribution in [0.2, 0.25) is 5.02 Å². The number of rotatable bonds is 3. The SMILES string of the molecule is COc1c(C)c(Cl)c(C)c(CCN)c1O. The van der Waals surface area contributed by atoms with E-state index < -0.39 is 0 Å². The summed E-state index contributed by atoms with van der Waals surface area (Å²) in [7, 11) is 1.51. The lowest BCUT2D eigenvalue weighted by molar-refractivity contribution is 0.368. The Balaban J connectivity index is 3.45. The second-order valence-corrected chi connectivity index (χ2v) is 3.84. The predicted molar refractivity (Wildman–Crippen MR) is 61.9 cm³/mol. The number of benzene rings is 1. The van der Waals surface area contributed by atoms with Crippen molar-refractivity contribution in [3.8, 4) is 11.5 Å². The van der Waals surface area contributed by atoms with E-state index >= 15 is 0 Å². The molecule has 1 aromatic carbocycles. The van der Waals surface area contributed by atoms with Crippen molar-refractivity contribution in [2.75, 3.05) is 13.7 Å². The van der Waals surface area contributed by atoms with E-state index in [1.54, 1.807) is 0 Å². The van der Waals surface area contributed by atoms with Crippen LogP contribution in [0, 0.1) is 13.8 Å². The molecule has 0 aliphatic heterocycles. The van der Waals surface area contributed by atoms with Crippen molar-refractivity contribution in [2.45, 2.75) is 20.3 Å². The molecule has 1 aromatic rings. The second-order valence-electron chi connectivity index (χ2n) is 3.46. The molecule has 0 aromatic heterocycles. The van der Waals surface area contributed by atoms with Gasteiger partial charge in [0.15, 0.2) is 11.5 Å². The van der Waals surface area contributed by atoms with Gasteiger partial charge in [0, 0.05) is 11.1 Å². The third kappa shape index (κ3) is 2.03. The van der Waals surface area contributed by atoms with Crippen molar-refractivity contribution in [1.29, 1.82) is 0 Å². The first-order valence-electron chi connectivity index (χ1n) is 4.79. The van der Waals surface area contributed by atoms with Crippen molar-refractivity contribution in [1.82, 2.24) is 0 Å². The number of hydrogen-bond acceptors (Lipinski definition) is 3. The molecule has 0 spiro atoms. The van der Waals surface area contributed by atoms with E-state index in [0.29, 0.717) is 23.7 Å². The first kappa shape index (κ1) is 12.1. The zero-order valence-electron chi connectivity index (χ0n) is 9.22. The lowest BCUT2D eigenvalue weighted by Crippen LogP contribution is -2.06. The highest BCUT2D eigenvalue weighted by molar-refractivity contribution is 6.32. The Morgan fingerprint density at radius 1 is 1.33 bits per heavy atom. The largest absolute Gasteiger partial charge is 0.504 e. The molecule has 1 rings (SSSR count). The number of aromatic hydroxyl groups is 1. The summed E-state index contributed by atoms with van der Waals surface area (Å²) < 4.78 is 5.12. The molecular weight excluding hydrogens is 214 g/mol. The molecule has 0 radical (unpaired) electrons. The minimum Gasteiger partial charge on any atom is -0.504 e. The van der Waals surface area contributed by atoms with E-state index in [0.717, 1.165) is 16.7 Å². The van der Waals surface area contributed by atoms with Gasteiger partial charge in [-0.2, -0.15) is 0 Å². The van der Waals surface area contributed by atoms with Crippen LogP contribution in [0.25, 0.3) is 0 Å². The Bertz CT molecular complexity index is 378. The number of phenolic OH excluding ortho intramolecular Hbond substituents is 1. The maximum absolute atomic E-state index is 9.97. The standard InChI is InChI=1S/C11H16ClNO2/c1-6-8(4-5-13)10(14)11(15-3)7(2)9(6)12/h14H,4-5,13H2,1-3H3. The summed E-state index contributed by atoms with van der Waals surface area (Å²) in [4.78, 5) is 0. The lowest BCUT2D eigenvalue weighted by Gasteiger charge is -2.16. The first-order chi connectivity index (χ1) is 7.04. The highest BCUT2D eigenvalue weighted by Crippen LogP contribution is 2.40. The number of methoxy groups -OCH3 is 1. The van der Waals surface area contributed by atoms with Crippen molar-refractivity contribution < 1.29 is 9.84 Å². The van der Waals surface area contributed by atoms with Crippen LogP contribution in [-0.4, -0.2) is 18.8 Å². The number of hydrogen-bond donors (Lipinski definition) is 2. The van der Waals surface area contributed by atoms with Crippen molar-refractivity contribution in [2.24, 2.45) is 5.73 Å². The predicted octanol–water partition coefficient (Wildman–Crippen LogP) is 2.17. The van der Waals surface area contributed by atoms with Gasteiger partial charge in [0.1, 0.15) is 0 Å². The average molecular weight is 230 g/mol. The summed E-state index contributed by atoms with van der Waals surface area (Å²) in [6.45, 7) is 4.16. The van der Waals surface area contributed by atoms with Gasteiger partial charge in [-0.1, -0.05) is 11.6 Å². The van der Waals surface area contributed by atoms with Gasteiger partial charge in [0.2, 0.25) is 0 Å². The van der Waals surface area contributed by atoms with Crippen LogP contribution in [-0.2, 0) is 6.42 Å². The topological polar surface area (TPSA) is 55.5 Å². The fourth-order valence-corrected chi connectivity index (χ4v) is 1.91. The first-order valence-corrected chi connectivity index (χ1v) is 5.16. The van der Waals surface area contributed by atoms with Gasteiger partial charge in [-0.25, -0.2) is 0 Å². The highest BCUT2D eigenvalue weighted by Gasteiger charge is 2.17. The van der Waals surface area contributed by atoms with Crippen LogP contribution < -0.4 is 10.5 Å². The van der Waals surface area contributed by atoms with Crippen LogP contribution in [0.4, 0.5) is 0 Å². The molecular formula is C11H16ClNO2. The van der Waals surface area contributed by atoms with Gasteiger partial charge in [0.25, 0.3) is 0 Å². The van der Waals surface area contributed by atoms with E-state index in [4.69, 9.17) is 22.1 Å². The molecule has 0 aliphatic rings. The molecule has 0 atom stereocenters. The third-order valence-corrected chi connectivity index (χ3v) is 3.12. The van der Waals surface area contributed by atoms with E-state index in [-0.39, 0.29) is 5.75 Å². The van der Waals surface area contributed by atoms with E-state index in [1.165, 1.54) is 7.11 Å². The van der Waals surface area contributed by atoms with Crippen molar-refractivity contribution in [3.63, 3.8) is 0 Å². The highest BCUT2D eigenvalue weighted by atomic mass is 35.5. The Kier molecular flexibility index (Phi) is 3.83. The molecule has 0 bridgehead atoms. The van der Waals surface area contributed by atoms with Gasteiger partial charge in [-0.05, 0) is 32.4 Å². The van der Waals surface area contributed by atoms with Gasteiger partial charge in [0.05, 0.1) is 12.1 Å². The van der Waals surface area contributed by atoms with Gasteiger partial charge in [-0.3, -0.25) is 0 Å². The summed E-state index contributed by atoms with van der Waals surface area (Å²) in [5.74, 6) is 0.594. The van der Waals surface area contributed by atoms with Crippen LogP contribution >= 0.6 is 11.6 Å². The van der Waals surface area contributed by atoms with E-state index in [1.807, 2.05) is 13.8 Å². The summed E-state index contributed by atoms with van der Waals surface area (Å²) in [5, 5.41) is 10.6. The average Bonchev–Trinajstić information content (AvgIpc) is 2.22. The van der Waals surface area contributed by atoms with Crippen molar-refractivity contribution >= 4 is 11.6 Å². The normalized spacial score (nSPS) is 10.5. The summed E-state index contributed by atoms with van der Waals surface area (Å²) in [5.41, 5.74) is 7.88. The summed E-state index contributed by atoms with van der Waals surface area (Å²) >= 11 is 6.14. The number of phenols is 1. The third-order valence-electron chi connectivity index (χ3n) is 2.55.